The molecule has 1 N–H and O–H groups in total. The lowest BCUT2D eigenvalue weighted by Gasteiger charge is -2.05. The van der Waals surface area contributed by atoms with Crippen LogP contribution in [0.5, 0.6) is 0 Å². The van der Waals surface area contributed by atoms with Crippen LogP contribution in [0.15, 0.2) is 12.2 Å². The van der Waals surface area contributed by atoms with Gasteiger partial charge in [0.25, 0.3) is 0 Å². The van der Waals surface area contributed by atoms with Crippen molar-refractivity contribution < 1.29 is 5.11 Å². The maximum atomic E-state index is 8.80. The predicted octanol–water partition coefficient (Wildman–Crippen LogP) is 3.53. The Morgan fingerprint density at radius 3 is 2.54 bits per heavy atom. The van der Waals surface area contributed by atoms with Gasteiger partial charge in [0.2, 0.25) is 0 Å². The van der Waals surface area contributed by atoms with Gasteiger partial charge < -0.3 is 5.11 Å². The highest BCUT2D eigenvalue weighted by atomic mass is 16.3. The molecule has 0 fully saturated rings. The van der Waals surface area contributed by atoms with Crippen LogP contribution in [-0.2, 0) is 0 Å². The summed E-state index contributed by atoms with van der Waals surface area (Å²) in [6.07, 6.45) is 11.9. The molecule has 1 nitrogen and oxygen atoms in total. The van der Waals surface area contributed by atoms with E-state index in [1.165, 1.54) is 32.1 Å². The molecule has 0 aromatic carbocycles. The SMILES string of the molecule is CCC=CCCCCCC(C)CO. The molecule has 0 aromatic heterocycles. The fourth-order valence-electron chi connectivity index (χ4n) is 1.31. The van der Waals surface area contributed by atoms with Crippen molar-refractivity contribution in [2.75, 3.05) is 6.61 Å². The minimum atomic E-state index is 0.343. The Hall–Kier alpha value is -0.300. The summed E-state index contributed by atoms with van der Waals surface area (Å²) in [6, 6.07) is 0. The van der Waals surface area contributed by atoms with E-state index in [1.807, 2.05) is 0 Å². The maximum Gasteiger partial charge on any atom is 0.0456 e. The van der Waals surface area contributed by atoms with Gasteiger partial charge >= 0.3 is 0 Å². The molecule has 0 rings (SSSR count). The molecule has 1 heteroatoms. The predicted molar refractivity (Wildman–Crippen MR) is 58.8 cm³/mol. The van der Waals surface area contributed by atoms with Gasteiger partial charge in [0.1, 0.15) is 0 Å². The van der Waals surface area contributed by atoms with Crippen LogP contribution in [0.25, 0.3) is 0 Å². The van der Waals surface area contributed by atoms with E-state index in [0.29, 0.717) is 12.5 Å². The van der Waals surface area contributed by atoms with Gasteiger partial charge in [-0.15, -0.1) is 0 Å². The first kappa shape index (κ1) is 12.7. The van der Waals surface area contributed by atoms with Gasteiger partial charge in [-0.3, -0.25) is 0 Å². The number of aliphatic hydroxyl groups excluding tert-OH is 1. The number of aliphatic hydroxyl groups is 1. The highest BCUT2D eigenvalue weighted by Crippen LogP contribution is 2.09. The van der Waals surface area contributed by atoms with Crippen molar-refractivity contribution in [1.82, 2.24) is 0 Å². The summed E-state index contributed by atoms with van der Waals surface area (Å²) in [6.45, 7) is 4.62. The summed E-state index contributed by atoms with van der Waals surface area (Å²) in [5.74, 6) is 0.492. The summed E-state index contributed by atoms with van der Waals surface area (Å²) < 4.78 is 0. The van der Waals surface area contributed by atoms with Gasteiger partial charge in [-0.2, -0.15) is 0 Å². The fraction of sp³-hybridized carbons (Fsp3) is 0.833. The molecular weight excluding hydrogens is 160 g/mol. The van der Waals surface area contributed by atoms with Crippen LogP contribution in [0.1, 0.15) is 52.4 Å². The topological polar surface area (TPSA) is 20.2 Å². The molecule has 0 bridgehead atoms. The van der Waals surface area contributed by atoms with Gasteiger partial charge in [-0.1, -0.05) is 38.8 Å². The second-order valence-corrected chi connectivity index (χ2v) is 3.81. The molecule has 0 aromatic rings. The first-order valence-electron chi connectivity index (χ1n) is 5.57. The summed E-state index contributed by atoms with van der Waals surface area (Å²) in [4.78, 5) is 0. The van der Waals surface area contributed by atoms with Crippen molar-refractivity contribution in [1.29, 1.82) is 0 Å². The van der Waals surface area contributed by atoms with E-state index in [-0.39, 0.29) is 0 Å². The third kappa shape index (κ3) is 9.62. The van der Waals surface area contributed by atoms with Crippen molar-refractivity contribution in [2.24, 2.45) is 5.92 Å². The van der Waals surface area contributed by atoms with E-state index in [1.54, 1.807) is 0 Å². The monoisotopic (exact) mass is 184 g/mol. The third-order valence-corrected chi connectivity index (χ3v) is 2.28. The van der Waals surface area contributed by atoms with Crippen LogP contribution in [0.4, 0.5) is 0 Å². The van der Waals surface area contributed by atoms with E-state index in [9.17, 15) is 0 Å². The van der Waals surface area contributed by atoms with Gasteiger partial charge in [-0.05, 0) is 31.6 Å². The van der Waals surface area contributed by atoms with Crippen LogP contribution >= 0.6 is 0 Å². The zero-order valence-electron chi connectivity index (χ0n) is 9.13. The van der Waals surface area contributed by atoms with Crippen LogP contribution in [0.3, 0.4) is 0 Å². The van der Waals surface area contributed by atoms with Crippen molar-refractivity contribution in [2.45, 2.75) is 52.4 Å². The fourth-order valence-corrected chi connectivity index (χ4v) is 1.31. The molecule has 0 aliphatic heterocycles. The van der Waals surface area contributed by atoms with E-state index in [2.05, 4.69) is 26.0 Å². The van der Waals surface area contributed by atoms with E-state index in [0.717, 1.165) is 6.42 Å². The molecule has 13 heavy (non-hydrogen) atoms. The van der Waals surface area contributed by atoms with Crippen molar-refractivity contribution in [3.63, 3.8) is 0 Å². The van der Waals surface area contributed by atoms with Gasteiger partial charge in [0.15, 0.2) is 0 Å². The second kappa shape index (κ2) is 9.79. The average Bonchev–Trinajstić information content (AvgIpc) is 2.16. The first-order valence-corrected chi connectivity index (χ1v) is 5.57. The zero-order chi connectivity index (χ0) is 9.94. The number of unbranched alkanes of at least 4 members (excludes halogenated alkanes) is 3. The standard InChI is InChI=1S/C12H24O/c1-3-4-5-6-7-8-9-10-12(2)11-13/h4-5,12-13H,3,6-11H2,1-2H3. The van der Waals surface area contributed by atoms with E-state index in [4.69, 9.17) is 5.11 Å². The van der Waals surface area contributed by atoms with Crippen LogP contribution < -0.4 is 0 Å². The minimum Gasteiger partial charge on any atom is -0.396 e. The molecular formula is C12H24O. The van der Waals surface area contributed by atoms with Gasteiger partial charge in [0.05, 0.1) is 0 Å². The largest absolute Gasteiger partial charge is 0.396 e. The maximum absolute atomic E-state index is 8.80. The average molecular weight is 184 g/mol. The third-order valence-electron chi connectivity index (χ3n) is 2.28. The number of hydrogen-bond acceptors (Lipinski definition) is 1. The van der Waals surface area contributed by atoms with Gasteiger partial charge in [-0.25, -0.2) is 0 Å². The molecule has 0 saturated carbocycles. The highest BCUT2D eigenvalue weighted by Gasteiger charge is 1.97. The Labute approximate surface area is 82.9 Å². The lowest BCUT2D eigenvalue weighted by atomic mass is 10.0. The minimum absolute atomic E-state index is 0.343. The van der Waals surface area contributed by atoms with Crippen molar-refractivity contribution >= 4 is 0 Å². The van der Waals surface area contributed by atoms with Gasteiger partial charge in [0, 0.05) is 6.61 Å². The summed E-state index contributed by atoms with van der Waals surface area (Å²) in [5.41, 5.74) is 0. The highest BCUT2D eigenvalue weighted by molar-refractivity contribution is 4.79. The molecule has 0 saturated heterocycles. The Bertz CT molecular complexity index is 118. The molecule has 0 spiro atoms. The van der Waals surface area contributed by atoms with Crippen LogP contribution in [-0.4, -0.2) is 11.7 Å². The number of rotatable bonds is 8. The number of hydrogen-bond donors (Lipinski definition) is 1. The Balaban J connectivity index is 3.03. The molecule has 0 heterocycles. The quantitative estimate of drug-likeness (QED) is 0.452. The van der Waals surface area contributed by atoms with E-state index < -0.39 is 0 Å². The van der Waals surface area contributed by atoms with Crippen LogP contribution in [0, 0.1) is 5.92 Å². The van der Waals surface area contributed by atoms with Crippen molar-refractivity contribution in [3.8, 4) is 0 Å². The molecule has 1 atom stereocenters. The summed E-state index contributed by atoms with van der Waals surface area (Å²) in [7, 11) is 0. The Morgan fingerprint density at radius 2 is 1.92 bits per heavy atom. The molecule has 0 amide bonds. The molecule has 0 radical (unpaired) electrons. The smallest absolute Gasteiger partial charge is 0.0456 e. The molecule has 1 unspecified atom stereocenters. The first-order chi connectivity index (χ1) is 6.31. The normalized spacial score (nSPS) is 13.8. The van der Waals surface area contributed by atoms with Crippen molar-refractivity contribution in [3.05, 3.63) is 12.2 Å². The molecule has 78 valence electrons. The summed E-state index contributed by atoms with van der Waals surface area (Å²) in [5, 5.41) is 8.80. The lowest BCUT2D eigenvalue weighted by Crippen LogP contribution is -1.99. The lowest BCUT2D eigenvalue weighted by molar-refractivity contribution is 0.227. The molecule has 0 aliphatic carbocycles. The second-order valence-electron chi connectivity index (χ2n) is 3.81. The molecule has 0 aliphatic rings. The Kier molecular flexibility index (Phi) is 9.56. The zero-order valence-corrected chi connectivity index (χ0v) is 9.13. The number of allylic oxidation sites excluding steroid dienone is 2. The van der Waals surface area contributed by atoms with Crippen LogP contribution in [0.2, 0.25) is 0 Å². The summed E-state index contributed by atoms with van der Waals surface area (Å²) >= 11 is 0. The Morgan fingerprint density at radius 1 is 1.15 bits per heavy atom. The van der Waals surface area contributed by atoms with E-state index >= 15 is 0 Å².